The van der Waals surface area contributed by atoms with Gasteiger partial charge >= 0.3 is 0 Å². The lowest BCUT2D eigenvalue weighted by Crippen LogP contribution is -2.38. The van der Waals surface area contributed by atoms with E-state index in [1.165, 1.54) is 28.1 Å². The van der Waals surface area contributed by atoms with Gasteiger partial charge in [0.15, 0.2) is 6.54 Å². The molecule has 0 fully saturated rings. The van der Waals surface area contributed by atoms with Crippen LogP contribution in [0.15, 0.2) is 35.9 Å². The van der Waals surface area contributed by atoms with E-state index in [1.54, 1.807) is 0 Å². The SMILES string of the molecule is C1=CC2=C(C1)c1ccc3c([n+]1C2)C=CC3. The molecule has 3 aliphatic rings. The van der Waals surface area contributed by atoms with Crippen LogP contribution >= 0.6 is 0 Å². The minimum atomic E-state index is 1.08. The molecule has 1 heteroatoms. The molecule has 0 bridgehead atoms. The second kappa shape index (κ2) is 2.48. The topological polar surface area (TPSA) is 3.88 Å². The summed E-state index contributed by atoms with van der Waals surface area (Å²) < 4.78 is 2.47. The number of allylic oxidation sites excluding steroid dienone is 5. The van der Waals surface area contributed by atoms with E-state index in [4.69, 9.17) is 0 Å². The molecule has 0 radical (unpaired) electrons. The van der Waals surface area contributed by atoms with Crippen molar-refractivity contribution in [2.45, 2.75) is 19.4 Å². The standard InChI is InChI=1S/C14H12N/c1-4-11-9-15-13-6-2-3-10(13)7-8-14(15)12(11)5-1/h1-2,4,6-8H,3,5,9H2/q+1. The van der Waals surface area contributed by atoms with Crippen LogP contribution in [0.3, 0.4) is 0 Å². The fourth-order valence-electron chi connectivity index (χ4n) is 2.90. The molecule has 0 unspecified atom stereocenters. The van der Waals surface area contributed by atoms with E-state index in [0.717, 1.165) is 19.4 Å². The van der Waals surface area contributed by atoms with Crippen molar-refractivity contribution in [1.82, 2.24) is 0 Å². The maximum Gasteiger partial charge on any atom is 0.210 e. The van der Waals surface area contributed by atoms with Gasteiger partial charge in [-0.1, -0.05) is 18.2 Å². The molecule has 0 atom stereocenters. The van der Waals surface area contributed by atoms with Crippen molar-refractivity contribution in [3.8, 4) is 0 Å². The minimum Gasteiger partial charge on any atom is -0.187 e. The number of fused-ring (bicyclic) bond motifs is 4. The molecular weight excluding hydrogens is 182 g/mol. The Hall–Kier alpha value is -1.63. The molecule has 15 heavy (non-hydrogen) atoms. The van der Waals surface area contributed by atoms with Gasteiger partial charge in [0.05, 0.1) is 0 Å². The molecular formula is C14H12N+. The van der Waals surface area contributed by atoms with Crippen molar-refractivity contribution < 1.29 is 4.57 Å². The average Bonchev–Trinajstić information content (AvgIpc) is 2.90. The molecule has 0 saturated heterocycles. The average molecular weight is 194 g/mol. The van der Waals surface area contributed by atoms with Crippen LogP contribution in [-0.2, 0) is 13.0 Å². The summed E-state index contributed by atoms with van der Waals surface area (Å²) in [4.78, 5) is 0. The van der Waals surface area contributed by atoms with E-state index in [1.807, 2.05) is 0 Å². The third-order valence-electron chi connectivity index (χ3n) is 3.63. The Morgan fingerprint density at radius 2 is 1.93 bits per heavy atom. The van der Waals surface area contributed by atoms with E-state index in [2.05, 4.69) is 41.0 Å². The van der Waals surface area contributed by atoms with Crippen LogP contribution in [0.2, 0.25) is 0 Å². The third kappa shape index (κ3) is 0.858. The normalized spacial score (nSPS) is 19.7. The van der Waals surface area contributed by atoms with Crippen LogP contribution in [0.25, 0.3) is 11.6 Å². The van der Waals surface area contributed by atoms with Crippen molar-refractivity contribution >= 4 is 11.6 Å². The molecule has 1 aliphatic heterocycles. The summed E-state index contributed by atoms with van der Waals surface area (Å²) in [6.07, 6.45) is 11.3. The van der Waals surface area contributed by atoms with E-state index in [-0.39, 0.29) is 0 Å². The highest BCUT2D eigenvalue weighted by Gasteiger charge is 2.32. The van der Waals surface area contributed by atoms with Crippen LogP contribution in [-0.4, -0.2) is 0 Å². The lowest BCUT2D eigenvalue weighted by Gasteiger charge is -2.01. The fraction of sp³-hybridized carbons (Fsp3) is 0.214. The Balaban J connectivity index is 1.98. The summed E-state index contributed by atoms with van der Waals surface area (Å²) in [5.74, 6) is 0. The first-order valence-electron chi connectivity index (χ1n) is 5.55. The summed E-state index contributed by atoms with van der Waals surface area (Å²) in [6.45, 7) is 1.08. The second-order valence-electron chi connectivity index (χ2n) is 4.43. The van der Waals surface area contributed by atoms with Crippen molar-refractivity contribution in [2.24, 2.45) is 0 Å². The summed E-state index contributed by atoms with van der Waals surface area (Å²) in [5, 5.41) is 0. The van der Waals surface area contributed by atoms with Crippen LogP contribution in [0, 0.1) is 0 Å². The van der Waals surface area contributed by atoms with Crippen LogP contribution in [0.1, 0.15) is 23.4 Å². The Bertz CT molecular complexity index is 559. The molecule has 2 heterocycles. The zero-order valence-electron chi connectivity index (χ0n) is 8.53. The van der Waals surface area contributed by atoms with Gasteiger partial charge in [-0.3, -0.25) is 0 Å². The van der Waals surface area contributed by atoms with E-state index >= 15 is 0 Å². The van der Waals surface area contributed by atoms with Gasteiger partial charge in [0, 0.05) is 28.9 Å². The van der Waals surface area contributed by atoms with Gasteiger partial charge in [0.2, 0.25) is 11.4 Å². The molecule has 0 amide bonds. The maximum absolute atomic E-state index is 2.47. The van der Waals surface area contributed by atoms with Crippen LogP contribution in [0.5, 0.6) is 0 Å². The first-order valence-corrected chi connectivity index (χ1v) is 5.55. The first kappa shape index (κ1) is 7.63. The lowest BCUT2D eigenvalue weighted by molar-refractivity contribution is -0.687. The van der Waals surface area contributed by atoms with Gasteiger partial charge in [-0.2, -0.15) is 4.57 Å². The molecule has 1 aromatic rings. The van der Waals surface area contributed by atoms with Gasteiger partial charge in [0.25, 0.3) is 0 Å². The van der Waals surface area contributed by atoms with Crippen LogP contribution in [0.4, 0.5) is 0 Å². The Morgan fingerprint density at radius 1 is 1.00 bits per heavy atom. The van der Waals surface area contributed by atoms with Crippen molar-refractivity contribution in [1.29, 1.82) is 0 Å². The predicted molar refractivity (Wildman–Crippen MR) is 60.1 cm³/mol. The monoisotopic (exact) mass is 194 g/mol. The lowest BCUT2D eigenvalue weighted by atomic mass is 10.1. The first-order chi connectivity index (χ1) is 7.43. The van der Waals surface area contributed by atoms with Crippen molar-refractivity contribution in [2.75, 3.05) is 0 Å². The Morgan fingerprint density at radius 3 is 2.93 bits per heavy atom. The summed E-state index contributed by atoms with van der Waals surface area (Å²) in [7, 11) is 0. The number of hydrogen-bond donors (Lipinski definition) is 0. The Labute approximate surface area is 89.1 Å². The zero-order chi connectivity index (χ0) is 9.83. The number of rotatable bonds is 0. The second-order valence-corrected chi connectivity index (χ2v) is 4.43. The summed E-state index contributed by atoms with van der Waals surface area (Å²) in [6, 6.07) is 4.58. The number of aromatic nitrogens is 1. The largest absolute Gasteiger partial charge is 0.210 e. The molecule has 2 aliphatic carbocycles. The highest BCUT2D eigenvalue weighted by atomic mass is 15.0. The van der Waals surface area contributed by atoms with E-state index in [9.17, 15) is 0 Å². The van der Waals surface area contributed by atoms with Gasteiger partial charge < -0.3 is 0 Å². The van der Waals surface area contributed by atoms with E-state index in [0.29, 0.717) is 0 Å². The maximum atomic E-state index is 2.47. The van der Waals surface area contributed by atoms with Crippen molar-refractivity contribution in [3.63, 3.8) is 0 Å². The Kier molecular flexibility index (Phi) is 1.26. The zero-order valence-corrected chi connectivity index (χ0v) is 8.53. The van der Waals surface area contributed by atoms with Gasteiger partial charge in [-0.25, -0.2) is 0 Å². The summed E-state index contributed by atoms with van der Waals surface area (Å²) in [5.41, 5.74) is 7.39. The number of hydrogen-bond acceptors (Lipinski definition) is 0. The fourth-order valence-corrected chi connectivity index (χ4v) is 2.90. The van der Waals surface area contributed by atoms with Gasteiger partial charge in [0.1, 0.15) is 0 Å². The molecule has 0 saturated carbocycles. The third-order valence-corrected chi connectivity index (χ3v) is 3.63. The molecule has 1 nitrogen and oxygen atoms in total. The molecule has 4 rings (SSSR count). The van der Waals surface area contributed by atoms with E-state index < -0.39 is 0 Å². The highest BCUT2D eigenvalue weighted by molar-refractivity contribution is 5.73. The molecule has 0 spiro atoms. The molecule has 0 aromatic carbocycles. The molecule has 72 valence electrons. The smallest absolute Gasteiger partial charge is 0.187 e. The van der Waals surface area contributed by atoms with Crippen LogP contribution < -0.4 is 4.57 Å². The summed E-state index contributed by atoms with van der Waals surface area (Å²) >= 11 is 0. The van der Waals surface area contributed by atoms with Gasteiger partial charge in [-0.05, 0) is 18.9 Å². The number of pyridine rings is 1. The van der Waals surface area contributed by atoms with Gasteiger partial charge in [-0.15, -0.1) is 0 Å². The predicted octanol–water partition coefficient (Wildman–Crippen LogP) is 2.27. The van der Waals surface area contributed by atoms with Crippen molar-refractivity contribution in [3.05, 3.63) is 52.9 Å². The molecule has 1 aromatic heterocycles. The molecule has 0 N–H and O–H groups in total. The number of nitrogens with zero attached hydrogens (tertiary/aromatic N) is 1. The highest BCUT2D eigenvalue weighted by Crippen LogP contribution is 2.33. The quantitative estimate of drug-likeness (QED) is 0.558. The minimum absolute atomic E-state index is 1.08.